The van der Waals surface area contributed by atoms with Crippen molar-refractivity contribution in [2.75, 3.05) is 6.54 Å². The number of unbranched alkanes of at least 4 members (excludes halogenated alkanes) is 2. The van der Waals surface area contributed by atoms with E-state index in [-0.39, 0.29) is 17.6 Å². The van der Waals surface area contributed by atoms with Gasteiger partial charge >= 0.3 is 0 Å². The third-order valence-corrected chi connectivity index (χ3v) is 7.88. The van der Waals surface area contributed by atoms with Crippen LogP contribution in [0.1, 0.15) is 65.0 Å². The molecule has 0 unspecified atom stereocenters. The monoisotopic (exact) mass is 544 g/mol. The summed E-state index contributed by atoms with van der Waals surface area (Å²) in [5.41, 5.74) is 5.03. The number of nitrogens with one attached hydrogen (secondary N) is 3. The summed E-state index contributed by atoms with van der Waals surface area (Å²) in [5.74, 6) is -0.305. The zero-order valence-corrected chi connectivity index (χ0v) is 23.6. The van der Waals surface area contributed by atoms with Crippen LogP contribution in [0.3, 0.4) is 0 Å². The van der Waals surface area contributed by atoms with Gasteiger partial charge in [-0.3, -0.25) is 9.59 Å². The van der Waals surface area contributed by atoms with Crippen molar-refractivity contribution in [3.63, 3.8) is 0 Å². The molecule has 2 aromatic heterocycles. The molecular weight excluding hydrogens is 508 g/mol. The molecule has 7 nitrogen and oxygen atoms in total. The second kappa shape index (κ2) is 13.3. The molecule has 0 saturated carbocycles. The lowest BCUT2D eigenvalue weighted by atomic mass is 10.0. The molecule has 1 atom stereocenters. The first-order chi connectivity index (χ1) is 18.8. The Balaban J connectivity index is 1.44. The Labute approximate surface area is 233 Å². The number of H-pyrrole nitrogens is 1. The van der Waals surface area contributed by atoms with Crippen molar-refractivity contribution in [3.8, 4) is 11.3 Å². The van der Waals surface area contributed by atoms with Crippen LogP contribution in [-0.4, -0.2) is 40.2 Å². The number of Topliss-reactive ketones (excluding diaryl/α,β-unsaturated/α-hetero) is 1. The molecular formula is C31H36N4O3S. The molecule has 8 heteroatoms. The molecule has 0 saturated heterocycles. The Kier molecular flexibility index (Phi) is 9.65. The van der Waals surface area contributed by atoms with Crippen molar-refractivity contribution >= 4 is 39.8 Å². The maximum atomic E-state index is 13.3. The van der Waals surface area contributed by atoms with E-state index >= 15 is 0 Å². The normalized spacial score (nSPS) is 11.9. The largest absolute Gasteiger partial charge is 0.354 e. The summed E-state index contributed by atoms with van der Waals surface area (Å²) in [6, 6.07) is 17.7. The van der Waals surface area contributed by atoms with Crippen molar-refractivity contribution in [1.82, 2.24) is 20.6 Å². The molecule has 4 rings (SSSR count). The maximum absolute atomic E-state index is 13.3. The van der Waals surface area contributed by atoms with Crippen LogP contribution in [0, 0.1) is 13.8 Å². The number of thiazole rings is 1. The van der Waals surface area contributed by atoms with E-state index in [9.17, 15) is 14.4 Å². The molecule has 204 valence electrons. The molecule has 0 fully saturated rings. The number of carbonyl (C=O) groups excluding carboxylic acids is 3. The molecule has 0 bridgehead atoms. The molecule has 0 radical (unpaired) electrons. The lowest BCUT2D eigenvalue weighted by Gasteiger charge is -2.18. The predicted octanol–water partition coefficient (Wildman–Crippen LogP) is 5.91. The van der Waals surface area contributed by atoms with Crippen LogP contribution in [-0.2, 0) is 16.0 Å². The van der Waals surface area contributed by atoms with Gasteiger partial charge < -0.3 is 20.4 Å². The number of carbonyl (C=O) groups is 3. The molecule has 2 amide bonds. The number of benzene rings is 2. The Hall–Kier alpha value is -3.78. The lowest BCUT2D eigenvalue weighted by molar-refractivity contribution is -0.123. The van der Waals surface area contributed by atoms with Crippen LogP contribution in [0.5, 0.6) is 0 Å². The number of para-hydroxylation sites is 1. The molecule has 39 heavy (non-hydrogen) atoms. The molecule has 0 aliphatic rings. The second-order valence-corrected chi connectivity index (χ2v) is 11.1. The third kappa shape index (κ3) is 7.41. The van der Waals surface area contributed by atoms with E-state index < -0.39 is 6.04 Å². The smallest absolute Gasteiger partial charge is 0.263 e. The summed E-state index contributed by atoms with van der Waals surface area (Å²) in [6.45, 7) is 5.70. The van der Waals surface area contributed by atoms with E-state index in [1.165, 1.54) is 11.3 Å². The molecule has 0 aliphatic heterocycles. The van der Waals surface area contributed by atoms with E-state index in [1.807, 2.05) is 37.3 Å². The first-order valence-corrected chi connectivity index (χ1v) is 14.3. The zero-order chi connectivity index (χ0) is 27.8. The van der Waals surface area contributed by atoms with Gasteiger partial charge in [0.15, 0.2) is 0 Å². The van der Waals surface area contributed by atoms with Gasteiger partial charge in [0.25, 0.3) is 5.91 Å². The van der Waals surface area contributed by atoms with E-state index in [1.54, 1.807) is 13.8 Å². The molecule has 4 aromatic rings. The summed E-state index contributed by atoms with van der Waals surface area (Å²) in [7, 11) is 0. The van der Waals surface area contributed by atoms with Gasteiger partial charge in [-0.2, -0.15) is 0 Å². The summed E-state index contributed by atoms with van der Waals surface area (Å²) >= 11 is 1.33. The number of nitrogens with zero attached hydrogens (tertiary/aromatic N) is 1. The average molecular weight is 545 g/mol. The second-order valence-electron chi connectivity index (χ2n) is 9.91. The first-order valence-electron chi connectivity index (χ1n) is 13.5. The minimum absolute atomic E-state index is 0.167. The van der Waals surface area contributed by atoms with E-state index in [2.05, 4.69) is 44.9 Å². The highest BCUT2D eigenvalue weighted by molar-refractivity contribution is 7.13. The summed E-state index contributed by atoms with van der Waals surface area (Å²) in [6.07, 6.45) is 4.05. The third-order valence-electron chi connectivity index (χ3n) is 6.80. The number of aromatic nitrogens is 2. The number of rotatable bonds is 13. The summed E-state index contributed by atoms with van der Waals surface area (Å²) in [5, 5.41) is 7.96. The van der Waals surface area contributed by atoms with E-state index in [0.29, 0.717) is 36.4 Å². The number of hydrogen-bond acceptors (Lipinski definition) is 5. The Morgan fingerprint density at radius 1 is 0.974 bits per heavy atom. The quantitative estimate of drug-likeness (QED) is 0.182. The fourth-order valence-electron chi connectivity index (χ4n) is 4.88. The highest BCUT2D eigenvalue weighted by atomic mass is 32.1. The van der Waals surface area contributed by atoms with Gasteiger partial charge in [0.2, 0.25) is 5.91 Å². The van der Waals surface area contributed by atoms with Crippen molar-refractivity contribution < 1.29 is 14.4 Å². The fourth-order valence-corrected chi connectivity index (χ4v) is 5.70. The minimum atomic E-state index is -0.659. The van der Waals surface area contributed by atoms with E-state index in [0.717, 1.165) is 52.0 Å². The molecule has 0 aliphatic carbocycles. The topological polar surface area (TPSA) is 104 Å². The van der Waals surface area contributed by atoms with Gasteiger partial charge in [-0.05, 0) is 57.2 Å². The SMILES string of the molecule is CC(=O)CCCCC[C@H](NC(=O)c1sc(C)nc1C)C(=O)NCCc1c(-c2ccccc2)[nH]c2ccccc12. The first kappa shape index (κ1) is 28.2. The van der Waals surface area contributed by atoms with Crippen molar-refractivity contribution in [2.45, 2.75) is 65.3 Å². The van der Waals surface area contributed by atoms with Gasteiger partial charge in [0.1, 0.15) is 16.7 Å². The van der Waals surface area contributed by atoms with Gasteiger partial charge in [0.05, 0.1) is 10.7 Å². The lowest BCUT2D eigenvalue weighted by Crippen LogP contribution is -2.47. The van der Waals surface area contributed by atoms with Gasteiger partial charge in [-0.1, -0.05) is 61.4 Å². The number of aryl methyl sites for hydroxylation is 2. The van der Waals surface area contributed by atoms with Crippen LogP contribution in [0.15, 0.2) is 54.6 Å². The Morgan fingerprint density at radius 2 is 1.72 bits per heavy atom. The summed E-state index contributed by atoms with van der Waals surface area (Å²) in [4.78, 5) is 46.0. The van der Waals surface area contributed by atoms with Crippen LogP contribution >= 0.6 is 11.3 Å². The van der Waals surface area contributed by atoms with Gasteiger partial charge in [-0.25, -0.2) is 4.98 Å². The number of fused-ring (bicyclic) bond motifs is 1. The highest BCUT2D eigenvalue weighted by Crippen LogP contribution is 2.30. The molecule has 3 N–H and O–H groups in total. The number of aromatic amines is 1. The zero-order valence-electron chi connectivity index (χ0n) is 22.8. The molecule has 2 heterocycles. The average Bonchev–Trinajstić information content (AvgIpc) is 3.47. The van der Waals surface area contributed by atoms with Crippen molar-refractivity contribution in [3.05, 3.63) is 75.7 Å². The van der Waals surface area contributed by atoms with Crippen LogP contribution in [0.4, 0.5) is 0 Å². The number of amides is 2. The molecule has 0 spiro atoms. The summed E-state index contributed by atoms with van der Waals surface area (Å²) < 4.78 is 0. The molecule has 2 aromatic carbocycles. The fraction of sp³-hybridized carbons (Fsp3) is 0.355. The maximum Gasteiger partial charge on any atom is 0.263 e. The van der Waals surface area contributed by atoms with Crippen molar-refractivity contribution in [2.24, 2.45) is 0 Å². The number of hydrogen-bond donors (Lipinski definition) is 3. The van der Waals surface area contributed by atoms with Gasteiger partial charge in [-0.15, -0.1) is 11.3 Å². The Morgan fingerprint density at radius 3 is 2.44 bits per heavy atom. The van der Waals surface area contributed by atoms with Gasteiger partial charge in [0, 0.05) is 29.6 Å². The minimum Gasteiger partial charge on any atom is -0.354 e. The number of ketones is 1. The predicted molar refractivity (Wildman–Crippen MR) is 157 cm³/mol. The van der Waals surface area contributed by atoms with E-state index in [4.69, 9.17) is 0 Å². The van der Waals surface area contributed by atoms with Crippen molar-refractivity contribution in [1.29, 1.82) is 0 Å². The van der Waals surface area contributed by atoms with Crippen LogP contribution in [0.25, 0.3) is 22.2 Å². The standard InChI is InChI=1S/C31H36N4O3S/c1-20(36)12-6-4-9-17-27(35-31(38)29-21(2)33-22(3)39-29)30(37)32-19-18-25-24-15-10-11-16-26(24)34-28(25)23-13-7-5-8-14-23/h5,7-8,10-11,13-16,27,34H,4,6,9,12,17-19H2,1-3H3,(H,32,37)(H,35,38)/t27-/m0/s1. The highest BCUT2D eigenvalue weighted by Gasteiger charge is 2.23. The Bertz CT molecular complexity index is 1440. The van der Waals surface area contributed by atoms with Crippen LogP contribution < -0.4 is 10.6 Å². The van der Waals surface area contributed by atoms with Crippen LogP contribution in [0.2, 0.25) is 0 Å².